The van der Waals surface area contributed by atoms with Crippen molar-refractivity contribution in [1.82, 2.24) is 0 Å². The lowest BCUT2D eigenvalue weighted by Gasteiger charge is -1.89. The van der Waals surface area contributed by atoms with Crippen molar-refractivity contribution in [2.45, 2.75) is 0 Å². The van der Waals surface area contributed by atoms with Crippen LogP contribution in [0.15, 0.2) is 24.3 Å². The monoisotopic (exact) mass is 128 g/mol. The topological polar surface area (TPSA) is 72.0 Å². The molecule has 0 atom stereocenters. The van der Waals surface area contributed by atoms with Crippen molar-refractivity contribution in [2.24, 2.45) is 0 Å². The number of benzene rings is 1. The SMILES string of the molecule is O.Oc1cccc(O)c1. The molecule has 1 aromatic rings. The molecule has 0 fully saturated rings. The maximum absolute atomic E-state index is 8.65. The lowest BCUT2D eigenvalue weighted by atomic mass is 10.3. The van der Waals surface area contributed by atoms with E-state index in [9.17, 15) is 0 Å². The van der Waals surface area contributed by atoms with Crippen LogP contribution in [0.5, 0.6) is 11.5 Å². The number of hydrogen-bond donors (Lipinski definition) is 2. The molecular formula is C6H8O3. The zero-order valence-corrected chi connectivity index (χ0v) is 4.70. The van der Waals surface area contributed by atoms with Gasteiger partial charge in [0.25, 0.3) is 0 Å². The van der Waals surface area contributed by atoms with Gasteiger partial charge in [0.2, 0.25) is 0 Å². The van der Waals surface area contributed by atoms with Gasteiger partial charge in [-0.05, 0) is 12.1 Å². The Balaban J connectivity index is 0.000000640. The first kappa shape index (κ1) is 7.78. The second kappa shape index (κ2) is 2.94. The molecule has 50 valence electrons. The van der Waals surface area contributed by atoms with Crippen LogP contribution in [-0.4, -0.2) is 15.7 Å². The summed E-state index contributed by atoms with van der Waals surface area (Å²) in [6.07, 6.45) is 0. The number of aromatic hydroxyl groups is 2. The van der Waals surface area contributed by atoms with Crippen molar-refractivity contribution in [3.8, 4) is 11.5 Å². The fourth-order valence-electron chi connectivity index (χ4n) is 0.493. The van der Waals surface area contributed by atoms with E-state index in [2.05, 4.69) is 0 Å². The molecule has 0 radical (unpaired) electrons. The lowest BCUT2D eigenvalue weighted by Crippen LogP contribution is -1.61. The van der Waals surface area contributed by atoms with Gasteiger partial charge in [0.1, 0.15) is 11.5 Å². The first-order valence-corrected chi connectivity index (χ1v) is 2.27. The van der Waals surface area contributed by atoms with Crippen LogP contribution in [0.2, 0.25) is 0 Å². The molecule has 1 aromatic carbocycles. The summed E-state index contributed by atoms with van der Waals surface area (Å²) in [5, 5.41) is 17.3. The van der Waals surface area contributed by atoms with Crippen LogP contribution in [0, 0.1) is 0 Å². The summed E-state index contributed by atoms with van der Waals surface area (Å²) in [7, 11) is 0. The van der Waals surface area contributed by atoms with Gasteiger partial charge in [0.05, 0.1) is 0 Å². The van der Waals surface area contributed by atoms with E-state index in [4.69, 9.17) is 10.2 Å². The van der Waals surface area contributed by atoms with Gasteiger partial charge in [-0.3, -0.25) is 0 Å². The fourth-order valence-corrected chi connectivity index (χ4v) is 0.493. The van der Waals surface area contributed by atoms with E-state index in [0.29, 0.717) is 0 Å². The summed E-state index contributed by atoms with van der Waals surface area (Å²) < 4.78 is 0. The minimum Gasteiger partial charge on any atom is -0.508 e. The molecule has 0 aliphatic carbocycles. The van der Waals surface area contributed by atoms with E-state index in [0.717, 1.165) is 0 Å². The van der Waals surface area contributed by atoms with E-state index in [1.54, 1.807) is 6.07 Å². The normalized spacial score (nSPS) is 8.00. The minimum atomic E-state index is 0. The third kappa shape index (κ3) is 2.01. The number of rotatable bonds is 0. The van der Waals surface area contributed by atoms with Crippen molar-refractivity contribution in [1.29, 1.82) is 0 Å². The molecule has 0 bridgehead atoms. The zero-order chi connectivity index (χ0) is 5.98. The van der Waals surface area contributed by atoms with Gasteiger partial charge in [0, 0.05) is 6.07 Å². The summed E-state index contributed by atoms with van der Waals surface area (Å²) in [6.45, 7) is 0. The Kier molecular flexibility index (Phi) is 2.54. The van der Waals surface area contributed by atoms with Crippen LogP contribution >= 0.6 is 0 Å². The van der Waals surface area contributed by atoms with Crippen molar-refractivity contribution < 1.29 is 15.7 Å². The first-order valence-electron chi connectivity index (χ1n) is 2.27. The molecule has 0 unspecified atom stereocenters. The lowest BCUT2D eigenvalue weighted by molar-refractivity contribution is 0.450. The molecule has 3 heteroatoms. The van der Waals surface area contributed by atoms with E-state index in [-0.39, 0.29) is 17.0 Å². The largest absolute Gasteiger partial charge is 0.508 e. The Labute approximate surface area is 52.5 Å². The Morgan fingerprint density at radius 1 is 1.00 bits per heavy atom. The molecule has 0 spiro atoms. The Morgan fingerprint density at radius 2 is 1.44 bits per heavy atom. The second-order valence-corrected chi connectivity index (χ2v) is 1.52. The van der Waals surface area contributed by atoms with Crippen LogP contribution in [-0.2, 0) is 0 Å². The molecule has 0 aliphatic rings. The van der Waals surface area contributed by atoms with Gasteiger partial charge in [0.15, 0.2) is 0 Å². The molecule has 0 saturated heterocycles. The summed E-state index contributed by atoms with van der Waals surface area (Å²) in [5.41, 5.74) is 0. The summed E-state index contributed by atoms with van der Waals surface area (Å²) in [5.74, 6) is 0.176. The van der Waals surface area contributed by atoms with E-state index >= 15 is 0 Å². The van der Waals surface area contributed by atoms with Crippen LogP contribution in [0.3, 0.4) is 0 Å². The average Bonchev–Trinajstić information content (AvgIpc) is 1.64. The molecule has 0 aliphatic heterocycles. The maximum Gasteiger partial charge on any atom is 0.119 e. The van der Waals surface area contributed by atoms with Gasteiger partial charge in [-0.2, -0.15) is 0 Å². The Bertz CT molecular complexity index is 168. The predicted molar refractivity (Wildman–Crippen MR) is 33.4 cm³/mol. The van der Waals surface area contributed by atoms with Crippen molar-refractivity contribution in [3.63, 3.8) is 0 Å². The van der Waals surface area contributed by atoms with Gasteiger partial charge in [-0.25, -0.2) is 0 Å². The van der Waals surface area contributed by atoms with Crippen LogP contribution in [0.4, 0.5) is 0 Å². The molecular weight excluding hydrogens is 120 g/mol. The first-order chi connectivity index (χ1) is 3.79. The van der Waals surface area contributed by atoms with Crippen molar-refractivity contribution >= 4 is 0 Å². The number of phenols is 2. The molecule has 0 aromatic heterocycles. The highest BCUT2D eigenvalue weighted by molar-refractivity contribution is 5.30. The minimum absolute atomic E-state index is 0. The Hall–Kier alpha value is -1.22. The predicted octanol–water partition coefficient (Wildman–Crippen LogP) is 0.273. The third-order valence-electron chi connectivity index (χ3n) is 0.830. The van der Waals surface area contributed by atoms with Gasteiger partial charge < -0.3 is 15.7 Å². The molecule has 0 heterocycles. The van der Waals surface area contributed by atoms with Gasteiger partial charge in [-0.1, -0.05) is 6.07 Å². The smallest absolute Gasteiger partial charge is 0.119 e. The average molecular weight is 128 g/mol. The summed E-state index contributed by atoms with van der Waals surface area (Å²) >= 11 is 0. The van der Waals surface area contributed by atoms with Crippen LogP contribution < -0.4 is 0 Å². The number of phenolic OH excluding ortho intramolecular Hbond substituents is 2. The highest BCUT2D eigenvalue weighted by Crippen LogP contribution is 2.14. The number of hydrogen-bond acceptors (Lipinski definition) is 2. The van der Waals surface area contributed by atoms with Crippen LogP contribution in [0.1, 0.15) is 0 Å². The summed E-state index contributed by atoms with van der Waals surface area (Å²) in [4.78, 5) is 0. The van der Waals surface area contributed by atoms with Crippen LogP contribution in [0.25, 0.3) is 0 Å². The third-order valence-corrected chi connectivity index (χ3v) is 0.830. The maximum atomic E-state index is 8.65. The highest BCUT2D eigenvalue weighted by Gasteiger charge is 1.85. The second-order valence-electron chi connectivity index (χ2n) is 1.52. The fraction of sp³-hybridized carbons (Fsp3) is 0. The quantitative estimate of drug-likeness (QED) is 0.526. The molecule has 0 saturated carbocycles. The molecule has 0 amide bonds. The van der Waals surface area contributed by atoms with E-state index in [1.807, 2.05) is 0 Å². The molecule has 3 nitrogen and oxygen atoms in total. The van der Waals surface area contributed by atoms with E-state index in [1.165, 1.54) is 18.2 Å². The van der Waals surface area contributed by atoms with Crippen molar-refractivity contribution in [3.05, 3.63) is 24.3 Å². The van der Waals surface area contributed by atoms with E-state index < -0.39 is 0 Å². The summed E-state index contributed by atoms with van der Waals surface area (Å²) in [6, 6.07) is 5.85. The highest BCUT2D eigenvalue weighted by atomic mass is 16.3. The van der Waals surface area contributed by atoms with Crippen molar-refractivity contribution in [2.75, 3.05) is 0 Å². The van der Waals surface area contributed by atoms with Gasteiger partial charge in [-0.15, -0.1) is 0 Å². The molecule has 1 rings (SSSR count). The molecule has 4 N–H and O–H groups in total. The zero-order valence-electron chi connectivity index (χ0n) is 4.70. The standard InChI is InChI=1S/C6H6O2.H2O/c7-5-2-1-3-6(8)4-5;/h1-4,7-8H;1H2. The molecule has 9 heavy (non-hydrogen) atoms. The Morgan fingerprint density at radius 3 is 1.67 bits per heavy atom. The van der Waals surface area contributed by atoms with Gasteiger partial charge >= 0.3 is 0 Å².